The van der Waals surface area contributed by atoms with Crippen LogP contribution in [0.4, 0.5) is 26.3 Å². The van der Waals surface area contributed by atoms with Crippen molar-refractivity contribution in [1.29, 1.82) is 0 Å². The molecular weight excluding hydrogens is 174 g/mol. The molecule has 0 amide bonds. The van der Waals surface area contributed by atoms with Crippen molar-refractivity contribution in [2.24, 2.45) is 0 Å². The summed E-state index contributed by atoms with van der Waals surface area (Å²) in [6.07, 6.45) is -8.66. The Labute approximate surface area is 58.5 Å². The Morgan fingerprint density at radius 1 is 1.09 bits per heavy atom. The highest BCUT2D eigenvalue weighted by Gasteiger charge is 2.57. The molecule has 0 saturated carbocycles. The van der Waals surface area contributed by atoms with Crippen LogP contribution in [0.25, 0.3) is 0 Å². The van der Waals surface area contributed by atoms with Gasteiger partial charge in [-0.2, -0.15) is 19.2 Å². The Balaban J connectivity index is 4.58. The molecule has 6 heteroatoms. The summed E-state index contributed by atoms with van der Waals surface area (Å²) in [6.45, 7) is 2.45. The van der Waals surface area contributed by atoms with Gasteiger partial charge in [-0.15, -0.1) is 0 Å². The maximum Gasteiger partial charge on any atom is 0.442 e. The molecule has 0 aliphatic carbocycles. The normalized spacial score (nSPS) is 12.9. The summed E-state index contributed by atoms with van der Waals surface area (Å²) >= 11 is 0. The predicted molar refractivity (Wildman–Crippen MR) is 25.5 cm³/mol. The molecule has 11 heavy (non-hydrogen) atoms. The third-order valence-corrected chi connectivity index (χ3v) is 0.835. The lowest BCUT2D eigenvalue weighted by Crippen LogP contribution is -2.39. The number of halogens is 6. The van der Waals surface area contributed by atoms with Crippen molar-refractivity contribution in [3.05, 3.63) is 18.8 Å². The van der Waals surface area contributed by atoms with Crippen molar-refractivity contribution in [2.75, 3.05) is 0 Å². The zero-order chi connectivity index (χ0) is 9.28. The Morgan fingerprint density at radius 3 is 1.55 bits per heavy atom. The lowest BCUT2D eigenvalue weighted by Gasteiger charge is -2.26. The molecule has 0 aliphatic heterocycles. The molecule has 0 N–H and O–H groups in total. The molecule has 0 aromatic heterocycles. The van der Waals surface area contributed by atoms with E-state index in [4.69, 9.17) is 0 Å². The van der Waals surface area contributed by atoms with Crippen LogP contribution in [0.15, 0.2) is 12.7 Å². The molecule has 0 nitrogen and oxygen atoms in total. The zero-order valence-corrected chi connectivity index (χ0v) is 5.05. The van der Waals surface area contributed by atoms with Crippen LogP contribution in [0.2, 0.25) is 0 Å². The molecule has 0 atom stereocenters. The van der Waals surface area contributed by atoms with E-state index in [1.165, 1.54) is 0 Å². The molecule has 0 aliphatic rings. The molecule has 0 aromatic carbocycles. The second-order valence-electron chi connectivity index (χ2n) is 1.62. The van der Waals surface area contributed by atoms with Gasteiger partial charge in [-0.3, -0.25) is 0 Å². The summed E-state index contributed by atoms with van der Waals surface area (Å²) in [4.78, 5) is 0. The Morgan fingerprint density at radius 2 is 1.45 bits per heavy atom. The molecular formula is C5H3F6-. The van der Waals surface area contributed by atoms with Crippen molar-refractivity contribution in [3.63, 3.8) is 0 Å². The predicted octanol–water partition coefficient (Wildman–Crippen LogP) is 2.87. The van der Waals surface area contributed by atoms with Gasteiger partial charge in [-0.1, -0.05) is 0 Å². The fourth-order valence-electron chi connectivity index (χ4n) is 0.264. The number of hydrogen-bond donors (Lipinski definition) is 0. The third kappa shape index (κ3) is 1.81. The zero-order valence-electron chi connectivity index (χ0n) is 5.05. The summed E-state index contributed by atoms with van der Waals surface area (Å²) in [6, 6.07) is 0. The first-order chi connectivity index (χ1) is 4.73. The molecule has 0 radical (unpaired) electrons. The van der Waals surface area contributed by atoms with Crippen molar-refractivity contribution < 1.29 is 26.3 Å². The highest BCUT2D eigenvalue weighted by Crippen LogP contribution is 2.43. The molecule has 0 aromatic rings. The Hall–Kier alpha value is -0.810. The van der Waals surface area contributed by atoms with Gasteiger partial charge in [0.1, 0.15) is 0 Å². The smallest absolute Gasteiger partial charge is 0.318 e. The van der Waals surface area contributed by atoms with Gasteiger partial charge in [0, 0.05) is 6.17 Å². The van der Waals surface area contributed by atoms with Crippen molar-refractivity contribution >= 4 is 0 Å². The average molecular weight is 177 g/mol. The highest BCUT2D eigenvalue weighted by molar-refractivity contribution is 5.10. The SMILES string of the molecule is C=C[C-](F)C(F)(F)C(F)(F)F. The molecule has 66 valence electrons. The van der Waals surface area contributed by atoms with Crippen LogP contribution in [0.5, 0.6) is 0 Å². The second kappa shape index (κ2) is 2.67. The molecule has 0 heterocycles. The minimum Gasteiger partial charge on any atom is -0.318 e. The van der Waals surface area contributed by atoms with Gasteiger partial charge in [-0.05, 0) is 0 Å². The number of alkyl halides is 5. The quantitative estimate of drug-likeness (QED) is 0.449. The van der Waals surface area contributed by atoms with Crippen molar-refractivity contribution in [3.8, 4) is 0 Å². The molecule has 0 unspecified atom stereocenters. The Kier molecular flexibility index (Phi) is 2.47. The van der Waals surface area contributed by atoms with Gasteiger partial charge >= 0.3 is 12.1 Å². The number of allylic oxidation sites excluding steroid dienone is 1. The summed E-state index contributed by atoms with van der Waals surface area (Å²) in [5, 5.41) is 0. The van der Waals surface area contributed by atoms with E-state index >= 15 is 0 Å². The lowest BCUT2D eigenvalue weighted by atomic mass is 10.2. The minimum absolute atomic E-state index is 0.173. The summed E-state index contributed by atoms with van der Waals surface area (Å²) in [5.74, 6) is -5.42. The fraction of sp³-hybridized carbons (Fsp3) is 0.400. The van der Waals surface area contributed by atoms with Crippen LogP contribution in [-0.2, 0) is 0 Å². The van der Waals surface area contributed by atoms with Gasteiger partial charge in [0.25, 0.3) is 0 Å². The average Bonchev–Trinajstić information content (AvgIpc) is 1.83. The van der Waals surface area contributed by atoms with Crippen LogP contribution in [-0.4, -0.2) is 12.1 Å². The minimum atomic E-state index is -5.90. The van der Waals surface area contributed by atoms with Crippen molar-refractivity contribution in [1.82, 2.24) is 0 Å². The van der Waals surface area contributed by atoms with E-state index in [0.29, 0.717) is 0 Å². The van der Waals surface area contributed by atoms with E-state index in [9.17, 15) is 26.3 Å². The molecule has 0 spiro atoms. The van der Waals surface area contributed by atoms with Gasteiger partial charge in [0.2, 0.25) is 0 Å². The molecule has 0 rings (SSSR count). The van der Waals surface area contributed by atoms with Crippen LogP contribution in [0.1, 0.15) is 0 Å². The topological polar surface area (TPSA) is 0 Å². The summed E-state index contributed by atoms with van der Waals surface area (Å²) in [5.41, 5.74) is 0. The van der Waals surface area contributed by atoms with Gasteiger partial charge < -0.3 is 4.39 Å². The van der Waals surface area contributed by atoms with Crippen LogP contribution >= 0.6 is 0 Å². The fourth-order valence-corrected chi connectivity index (χ4v) is 0.264. The lowest BCUT2D eigenvalue weighted by molar-refractivity contribution is -0.279. The van der Waals surface area contributed by atoms with E-state index < -0.39 is 18.3 Å². The van der Waals surface area contributed by atoms with Crippen molar-refractivity contribution in [2.45, 2.75) is 12.1 Å². The first kappa shape index (κ1) is 10.2. The number of hydrogen-bond acceptors (Lipinski definition) is 0. The van der Waals surface area contributed by atoms with E-state index in [-0.39, 0.29) is 6.08 Å². The molecule has 0 saturated heterocycles. The van der Waals surface area contributed by atoms with Gasteiger partial charge in [0.15, 0.2) is 0 Å². The first-order valence-corrected chi connectivity index (χ1v) is 2.33. The molecule has 0 fully saturated rings. The van der Waals surface area contributed by atoms with Crippen LogP contribution < -0.4 is 0 Å². The van der Waals surface area contributed by atoms with E-state index in [1.807, 2.05) is 0 Å². The maximum atomic E-state index is 11.7. The summed E-state index contributed by atoms with van der Waals surface area (Å²) < 4.78 is 68.8. The Bertz CT molecular complexity index is 146. The largest absolute Gasteiger partial charge is 0.442 e. The standard InChI is InChI=1S/C5H3F6/c1-2-3(6)4(7,8)5(9,10)11/h2H,1H2/q-1. The number of rotatable bonds is 2. The van der Waals surface area contributed by atoms with Gasteiger partial charge in [-0.25, -0.2) is 15.4 Å². The molecule has 0 bridgehead atoms. The van der Waals surface area contributed by atoms with Crippen LogP contribution in [0.3, 0.4) is 0 Å². The summed E-state index contributed by atoms with van der Waals surface area (Å²) in [7, 11) is 0. The van der Waals surface area contributed by atoms with Crippen LogP contribution in [0, 0.1) is 6.17 Å². The van der Waals surface area contributed by atoms with E-state index in [1.54, 1.807) is 0 Å². The second-order valence-corrected chi connectivity index (χ2v) is 1.62. The maximum absolute atomic E-state index is 11.7. The highest BCUT2D eigenvalue weighted by atomic mass is 19.4. The van der Waals surface area contributed by atoms with E-state index in [0.717, 1.165) is 0 Å². The van der Waals surface area contributed by atoms with E-state index in [2.05, 4.69) is 6.58 Å². The monoisotopic (exact) mass is 177 g/mol. The third-order valence-electron chi connectivity index (χ3n) is 0.835. The first-order valence-electron chi connectivity index (χ1n) is 2.33. The van der Waals surface area contributed by atoms with Gasteiger partial charge in [0.05, 0.1) is 0 Å².